The number of hydrogen-bond donors (Lipinski definition) is 1. The zero-order valence-electron chi connectivity index (χ0n) is 12.2. The Morgan fingerprint density at radius 1 is 1.05 bits per heavy atom. The highest BCUT2D eigenvalue weighted by atomic mass is 16.3. The molecule has 0 spiro atoms. The lowest BCUT2D eigenvalue weighted by Crippen LogP contribution is -2.33. The summed E-state index contributed by atoms with van der Waals surface area (Å²) < 4.78 is 0. The Hall–Kier alpha value is -2.29. The zero-order chi connectivity index (χ0) is 14.8. The monoisotopic (exact) mass is 281 g/mol. The molecule has 1 aliphatic heterocycles. The van der Waals surface area contributed by atoms with Gasteiger partial charge in [-0.25, -0.2) is 0 Å². The van der Waals surface area contributed by atoms with Crippen molar-refractivity contribution < 1.29 is 9.90 Å². The van der Waals surface area contributed by atoms with E-state index in [0.29, 0.717) is 5.56 Å². The van der Waals surface area contributed by atoms with E-state index in [1.54, 1.807) is 18.2 Å². The Labute approximate surface area is 124 Å². The van der Waals surface area contributed by atoms with Crippen LogP contribution >= 0.6 is 0 Å². The van der Waals surface area contributed by atoms with Crippen molar-refractivity contribution in [3.05, 3.63) is 64.7 Å². The summed E-state index contributed by atoms with van der Waals surface area (Å²) >= 11 is 0. The van der Waals surface area contributed by atoms with Crippen LogP contribution in [0.2, 0.25) is 0 Å². The maximum absolute atomic E-state index is 12.7. The highest BCUT2D eigenvalue weighted by Crippen LogP contribution is 2.20. The van der Waals surface area contributed by atoms with Crippen LogP contribution in [0.25, 0.3) is 0 Å². The van der Waals surface area contributed by atoms with E-state index in [-0.39, 0.29) is 11.7 Å². The second-order valence-electron chi connectivity index (χ2n) is 5.56. The Bertz CT molecular complexity index is 652. The largest absolute Gasteiger partial charge is 0.508 e. The second kappa shape index (κ2) is 5.60. The van der Waals surface area contributed by atoms with Crippen molar-refractivity contribution in [2.24, 2.45) is 0 Å². The van der Waals surface area contributed by atoms with Gasteiger partial charge in [0.1, 0.15) is 5.75 Å². The number of benzene rings is 2. The molecule has 0 saturated carbocycles. The lowest BCUT2D eigenvalue weighted by molar-refractivity contribution is 0.0762. The van der Waals surface area contributed by atoms with Crippen molar-refractivity contribution in [3.8, 4) is 5.75 Å². The highest BCUT2D eigenvalue weighted by Gasteiger charge is 2.20. The number of carbonyl (C=O) groups is 1. The summed E-state index contributed by atoms with van der Waals surface area (Å²) in [7, 11) is 0. The van der Waals surface area contributed by atoms with Crippen LogP contribution < -0.4 is 0 Å². The maximum Gasteiger partial charge on any atom is 0.254 e. The summed E-state index contributed by atoms with van der Waals surface area (Å²) in [6.45, 7) is 3.35. The lowest BCUT2D eigenvalue weighted by atomic mass is 10.0. The SMILES string of the molecule is Cc1cc(O)ccc1C(=O)N1CCc2ccccc2CC1. The number of hydrogen-bond acceptors (Lipinski definition) is 2. The fourth-order valence-electron chi connectivity index (χ4n) is 2.93. The normalized spacial score (nSPS) is 14.4. The summed E-state index contributed by atoms with van der Waals surface area (Å²) in [6, 6.07) is 13.3. The van der Waals surface area contributed by atoms with Crippen molar-refractivity contribution in [3.63, 3.8) is 0 Å². The Morgan fingerprint density at radius 3 is 2.24 bits per heavy atom. The van der Waals surface area contributed by atoms with Crippen molar-refractivity contribution >= 4 is 5.91 Å². The van der Waals surface area contributed by atoms with Gasteiger partial charge in [-0.05, 0) is 54.7 Å². The van der Waals surface area contributed by atoms with Gasteiger partial charge in [-0.2, -0.15) is 0 Å². The first-order valence-electron chi connectivity index (χ1n) is 7.31. The number of aromatic hydroxyl groups is 1. The standard InChI is InChI=1S/C18H19NO2/c1-13-12-16(20)6-7-17(13)18(21)19-10-8-14-4-2-3-5-15(14)9-11-19/h2-7,12,20H,8-11H2,1H3. The van der Waals surface area contributed by atoms with Crippen molar-refractivity contribution in [1.82, 2.24) is 4.90 Å². The van der Waals surface area contributed by atoms with E-state index in [9.17, 15) is 9.90 Å². The van der Waals surface area contributed by atoms with Gasteiger partial charge in [-0.1, -0.05) is 24.3 Å². The van der Waals surface area contributed by atoms with Gasteiger partial charge in [0, 0.05) is 18.7 Å². The highest BCUT2D eigenvalue weighted by molar-refractivity contribution is 5.95. The van der Waals surface area contributed by atoms with Crippen molar-refractivity contribution in [2.45, 2.75) is 19.8 Å². The summed E-state index contributed by atoms with van der Waals surface area (Å²) in [5.41, 5.74) is 4.19. The number of nitrogens with zero attached hydrogens (tertiary/aromatic N) is 1. The summed E-state index contributed by atoms with van der Waals surface area (Å²) in [5, 5.41) is 9.47. The number of carbonyl (C=O) groups excluding carboxylic acids is 1. The van der Waals surface area contributed by atoms with Gasteiger partial charge in [0.25, 0.3) is 5.91 Å². The molecule has 108 valence electrons. The second-order valence-corrected chi connectivity index (χ2v) is 5.56. The van der Waals surface area contributed by atoms with E-state index in [2.05, 4.69) is 24.3 Å². The van der Waals surface area contributed by atoms with Gasteiger partial charge in [0.05, 0.1) is 0 Å². The summed E-state index contributed by atoms with van der Waals surface area (Å²) in [5.74, 6) is 0.257. The topological polar surface area (TPSA) is 40.5 Å². The van der Waals surface area contributed by atoms with Crippen LogP contribution in [0.3, 0.4) is 0 Å². The molecule has 2 aromatic carbocycles. The molecule has 0 aromatic heterocycles. The van der Waals surface area contributed by atoms with Crippen LogP contribution in [-0.2, 0) is 12.8 Å². The molecular formula is C18H19NO2. The number of amides is 1. The van der Waals surface area contributed by atoms with E-state index in [1.165, 1.54) is 11.1 Å². The van der Waals surface area contributed by atoms with E-state index in [4.69, 9.17) is 0 Å². The van der Waals surface area contributed by atoms with E-state index in [0.717, 1.165) is 31.5 Å². The maximum atomic E-state index is 12.7. The van der Waals surface area contributed by atoms with Gasteiger partial charge in [0.15, 0.2) is 0 Å². The lowest BCUT2D eigenvalue weighted by Gasteiger charge is -2.21. The molecule has 0 radical (unpaired) electrons. The molecule has 0 bridgehead atoms. The Kier molecular flexibility index (Phi) is 3.65. The summed E-state index contributed by atoms with van der Waals surface area (Å²) in [6.07, 6.45) is 1.80. The molecule has 0 fully saturated rings. The number of aryl methyl sites for hydroxylation is 1. The number of phenolic OH excluding ortho intramolecular Hbond substituents is 1. The molecule has 21 heavy (non-hydrogen) atoms. The first kappa shape index (κ1) is 13.7. The number of phenols is 1. The minimum atomic E-state index is 0.0558. The molecule has 3 nitrogen and oxygen atoms in total. The van der Waals surface area contributed by atoms with Crippen LogP contribution in [0.5, 0.6) is 5.75 Å². The molecule has 0 atom stereocenters. The average Bonchev–Trinajstić information content (AvgIpc) is 2.69. The van der Waals surface area contributed by atoms with Crippen LogP contribution in [0.1, 0.15) is 27.0 Å². The van der Waals surface area contributed by atoms with Crippen molar-refractivity contribution in [2.75, 3.05) is 13.1 Å². The third-order valence-corrected chi connectivity index (χ3v) is 4.15. The molecule has 3 rings (SSSR count). The van der Waals surface area contributed by atoms with Gasteiger partial charge in [-0.15, -0.1) is 0 Å². The van der Waals surface area contributed by atoms with E-state index < -0.39 is 0 Å². The average molecular weight is 281 g/mol. The quantitative estimate of drug-likeness (QED) is 0.873. The minimum Gasteiger partial charge on any atom is -0.508 e. The first-order chi connectivity index (χ1) is 10.1. The molecule has 3 heteroatoms. The minimum absolute atomic E-state index is 0.0558. The fourth-order valence-corrected chi connectivity index (χ4v) is 2.93. The van der Waals surface area contributed by atoms with Crippen LogP contribution in [0.4, 0.5) is 0 Å². The molecule has 1 aliphatic rings. The molecule has 1 N–H and O–H groups in total. The van der Waals surface area contributed by atoms with Gasteiger partial charge >= 0.3 is 0 Å². The van der Waals surface area contributed by atoms with E-state index >= 15 is 0 Å². The molecule has 0 saturated heterocycles. The molecule has 0 aliphatic carbocycles. The first-order valence-corrected chi connectivity index (χ1v) is 7.31. The third-order valence-electron chi connectivity index (χ3n) is 4.15. The van der Waals surface area contributed by atoms with Crippen LogP contribution in [0, 0.1) is 6.92 Å². The summed E-state index contributed by atoms with van der Waals surface area (Å²) in [4.78, 5) is 14.6. The van der Waals surface area contributed by atoms with Crippen molar-refractivity contribution in [1.29, 1.82) is 0 Å². The predicted molar refractivity (Wildman–Crippen MR) is 82.6 cm³/mol. The molecule has 1 amide bonds. The van der Waals surface area contributed by atoms with E-state index in [1.807, 2.05) is 11.8 Å². The van der Waals surface area contributed by atoms with Crippen LogP contribution in [-0.4, -0.2) is 29.0 Å². The number of fused-ring (bicyclic) bond motifs is 1. The molecular weight excluding hydrogens is 262 g/mol. The molecule has 1 heterocycles. The third kappa shape index (κ3) is 2.77. The Balaban J connectivity index is 1.81. The number of rotatable bonds is 1. The predicted octanol–water partition coefficient (Wildman–Crippen LogP) is 2.94. The smallest absolute Gasteiger partial charge is 0.254 e. The molecule has 2 aromatic rings. The zero-order valence-corrected chi connectivity index (χ0v) is 12.2. The van der Waals surface area contributed by atoms with Gasteiger partial charge in [-0.3, -0.25) is 4.79 Å². The Morgan fingerprint density at radius 2 is 1.67 bits per heavy atom. The molecule has 0 unspecified atom stereocenters. The van der Waals surface area contributed by atoms with Crippen LogP contribution in [0.15, 0.2) is 42.5 Å². The van der Waals surface area contributed by atoms with Gasteiger partial charge < -0.3 is 10.0 Å². The fraction of sp³-hybridized carbons (Fsp3) is 0.278. The van der Waals surface area contributed by atoms with Gasteiger partial charge in [0.2, 0.25) is 0 Å².